The van der Waals surface area contributed by atoms with Gasteiger partial charge in [0, 0.05) is 18.1 Å². The number of hydrogen-bond donors (Lipinski definition) is 3. The van der Waals surface area contributed by atoms with Gasteiger partial charge in [-0.1, -0.05) is 31.0 Å². The average molecular weight is 323 g/mol. The first-order chi connectivity index (χ1) is 10.7. The van der Waals surface area contributed by atoms with Crippen LogP contribution in [0.25, 0.3) is 0 Å². The summed E-state index contributed by atoms with van der Waals surface area (Å²) in [4.78, 5) is 16.2. The van der Waals surface area contributed by atoms with Crippen LogP contribution in [-0.4, -0.2) is 45.0 Å². The molecule has 7 heteroatoms. The first-order valence-electron chi connectivity index (χ1n) is 8.28. The molecule has 0 spiro atoms. The Morgan fingerprint density at radius 3 is 2.64 bits per heavy atom. The van der Waals surface area contributed by atoms with Crippen molar-refractivity contribution in [1.82, 2.24) is 25.8 Å². The van der Waals surface area contributed by atoms with Crippen molar-refractivity contribution < 1.29 is 4.79 Å². The number of nitrogens with zero attached hydrogens (tertiary/aromatic N) is 2. The molecule has 2 fully saturated rings. The highest BCUT2D eigenvalue weighted by Crippen LogP contribution is 2.25. The summed E-state index contributed by atoms with van der Waals surface area (Å²) in [6.45, 7) is 1.85. The molecule has 0 aliphatic heterocycles. The van der Waals surface area contributed by atoms with Crippen LogP contribution >= 0.6 is 11.8 Å². The van der Waals surface area contributed by atoms with Crippen LogP contribution in [-0.2, 0) is 4.79 Å². The molecule has 2 saturated carbocycles. The first-order valence-corrected chi connectivity index (χ1v) is 9.26. The van der Waals surface area contributed by atoms with Crippen LogP contribution in [0, 0.1) is 6.92 Å². The van der Waals surface area contributed by atoms with Crippen molar-refractivity contribution in [3.8, 4) is 0 Å². The van der Waals surface area contributed by atoms with Gasteiger partial charge in [-0.2, -0.15) is 0 Å². The highest BCUT2D eigenvalue weighted by molar-refractivity contribution is 7.99. The van der Waals surface area contributed by atoms with Gasteiger partial charge in [0.25, 0.3) is 0 Å². The average Bonchev–Trinajstić information content (AvgIpc) is 2.94. The van der Waals surface area contributed by atoms with E-state index in [9.17, 15) is 4.79 Å². The Balaban J connectivity index is 1.37. The molecule has 3 N–H and O–H groups in total. The van der Waals surface area contributed by atoms with Crippen LogP contribution in [0.4, 0.5) is 0 Å². The lowest BCUT2D eigenvalue weighted by Gasteiger charge is -2.41. The minimum absolute atomic E-state index is 0.0765. The molecule has 1 aromatic heterocycles. The van der Waals surface area contributed by atoms with Crippen LogP contribution in [0.5, 0.6) is 0 Å². The second kappa shape index (κ2) is 7.46. The number of aromatic nitrogens is 3. The van der Waals surface area contributed by atoms with Crippen molar-refractivity contribution in [3.05, 3.63) is 5.82 Å². The van der Waals surface area contributed by atoms with Crippen molar-refractivity contribution in [1.29, 1.82) is 0 Å². The van der Waals surface area contributed by atoms with E-state index in [0.717, 1.165) is 12.2 Å². The van der Waals surface area contributed by atoms with Crippen LogP contribution in [0.1, 0.15) is 50.8 Å². The number of thioether (sulfide) groups is 1. The zero-order valence-corrected chi connectivity index (χ0v) is 13.9. The van der Waals surface area contributed by atoms with Crippen molar-refractivity contribution in [2.75, 3.05) is 5.75 Å². The van der Waals surface area contributed by atoms with E-state index in [2.05, 4.69) is 25.8 Å². The molecule has 3 rings (SSSR count). The third-order valence-corrected chi connectivity index (χ3v) is 5.43. The monoisotopic (exact) mass is 323 g/mol. The van der Waals surface area contributed by atoms with Crippen molar-refractivity contribution in [2.45, 2.75) is 75.2 Å². The zero-order valence-electron chi connectivity index (χ0n) is 13.1. The molecule has 0 saturated heterocycles. The molecule has 122 valence electrons. The van der Waals surface area contributed by atoms with Crippen LogP contribution < -0.4 is 10.6 Å². The third kappa shape index (κ3) is 4.23. The van der Waals surface area contributed by atoms with E-state index in [1.807, 2.05) is 6.92 Å². The van der Waals surface area contributed by atoms with Gasteiger partial charge in [-0.05, 0) is 32.6 Å². The molecule has 0 unspecified atom stereocenters. The molecule has 2 aliphatic carbocycles. The Morgan fingerprint density at radius 1 is 1.23 bits per heavy atom. The van der Waals surface area contributed by atoms with Gasteiger partial charge in [-0.25, -0.2) is 4.98 Å². The number of carbonyl (C=O) groups is 1. The molecule has 1 aromatic rings. The highest BCUT2D eigenvalue weighted by Gasteiger charge is 2.33. The van der Waals surface area contributed by atoms with Crippen LogP contribution in [0.3, 0.4) is 0 Å². The number of H-pyrrole nitrogens is 1. The van der Waals surface area contributed by atoms with E-state index in [0.29, 0.717) is 29.0 Å². The second-order valence-corrected chi connectivity index (χ2v) is 7.29. The first kappa shape index (κ1) is 15.8. The molecule has 0 bridgehead atoms. The molecular weight excluding hydrogens is 298 g/mol. The molecule has 6 nitrogen and oxygen atoms in total. The minimum Gasteiger partial charge on any atom is -0.351 e. The number of amides is 1. The number of hydrogen-bond acceptors (Lipinski definition) is 5. The molecule has 0 radical (unpaired) electrons. The largest absolute Gasteiger partial charge is 0.351 e. The summed E-state index contributed by atoms with van der Waals surface area (Å²) in [5.41, 5.74) is 0. The van der Waals surface area contributed by atoms with Gasteiger partial charge < -0.3 is 10.6 Å². The summed E-state index contributed by atoms with van der Waals surface area (Å²) < 4.78 is 0. The molecule has 1 amide bonds. The summed E-state index contributed by atoms with van der Waals surface area (Å²) >= 11 is 1.38. The quantitative estimate of drug-likeness (QED) is 0.695. The Labute approximate surface area is 135 Å². The maximum Gasteiger partial charge on any atom is 0.230 e. The molecule has 0 aromatic carbocycles. The predicted octanol–water partition coefficient (Wildman–Crippen LogP) is 1.77. The van der Waals surface area contributed by atoms with Crippen molar-refractivity contribution >= 4 is 17.7 Å². The van der Waals surface area contributed by atoms with Gasteiger partial charge in [0.05, 0.1) is 5.75 Å². The Hall–Kier alpha value is -1.08. The lowest BCUT2D eigenvalue weighted by atomic mass is 9.84. The van der Waals surface area contributed by atoms with Gasteiger partial charge in [-0.3, -0.25) is 9.89 Å². The molecular formula is C15H25N5OS. The van der Waals surface area contributed by atoms with Crippen LogP contribution in [0.2, 0.25) is 0 Å². The summed E-state index contributed by atoms with van der Waals surface area (Å²) in [6.07, 6.45) is 8.90. The molecule has 22 heavy (non-hydrogen) atoms. The van der Waals surface area contributed by atoms with Crippen molar-refractivity contribution in [3.63, 3.8) is 0 Å². The molecule has 2 atom stereocenters. The Morgan fingerprint density at radius 2 is 2.00 bits per heavy atom. The van der Waals surface area contributed by atoms with Gasteiger partial charge >= 0.3 is 0 Å². The number of nitrogens with one attached hydrogen (secondary N) is 3. The normalized spacial score (nSPS) is 25.7. The smallest absolute Gasteiger partial charge is 0.230 e. The second-order valence-electron chi connectivity index (χ2n) is 6.35. The van der Waals surface area contributed by atoms with E-state index in [1.54, 1.807) is 0 Å². The lowest BCUT2D eigenvalue weighted by molar-refractivity contribution is -0.120. The fourth-order valence-corrected chi connectivity index (χ4v) is 3.86. The topological polar surface area (TPSA) is 82.7 Å². The zero-order chi connectivity index (χ0) is 15.4. The number of aryl methyl sites for hydroxylation is 1. The maximum absolute atomic E-state index is 12.0. The van der Waals surface area contributed by atoms with Gasteiger partial charge in [0.15, 0.2) is 0 Å². The SMILES string of the molecule is Cc1nc(SCC(=O)N[C@H]2CC[C@H]2NC2CCCCC2)n[nH]1. The fraction of sp³-hybridized carbons (Fsp3) is 0.800. The summed E-state index contributed by atoms with van der Waals surface area (Å²) in [5.74, 6) is 1.23. The summed E-state index contributed by atoms with van der Waals surface area (Å²) in [7, 11) is 0. The number of aromatic amines is 1. The van der Waals surface area contributed by atoms with Crippen molar-refractivity contribution in [2.24, 2.45) is 0 Å². The molecule has 2 aliphatic rings. The van der Waals surface area contributed by atoms with E-state index < -0.39 is 0 Å². The summed E-state index contributed by atoms with van der Waals surface area (Å²) in [6, 6.07) is 1.41. The minimum atomic E-state index is 0.0765. The van der Waals surface area contributed by atoms with E-state index in [4.69, 9.17) is 0 Å². The van der Waals surface area contributed by atoms with E-state index in [-0.39, 0.29) is 5.91 Å². The maximum atomic E-state index is 12.0. The fourth-order valence-electron chi connectivity index (χ4n) is 3.21. The van der Waals surface area contributed by atoms with Gasteiger partial charge in [-0.15, -0.1) is 5.10 Å². The Bertz CT molecular complexity index is 500. The third-order valence-electron chi connectivity index (χ3n) is 4.58. The van der Waals surface area contributed by atoms with Gasteiger partial charge in [0.2, 0.25) is 11.1 Å². The standard InChI is InChI=1S/C15H25N5OS/c1-10-16-15(20-19-10)22-9-14(21)18-13-8-7-12(13)17-11-5-3-2-4-6-11/h11-13,17H,2-9H2,1H3,(H,18,21)(H,16,19,20)/t12-,13+/m1/s1. The highest BCUT2D eigenvalue weighted by atomic mass is 32.2. The lowest BCUT2D eigenvalue weighted by Crippen LogP contribution is -2.59. The number of carbonyl (C=O) groups excluding carboxylic acids is 1. The Kier molecular flexibility index (Phi) is 5.36. The number of rotatable bonds is 6. The van der Waals surface area contributed by atoms with Gasteiger partial charge in [0.1, 0.15) is 5.82 Å². The van der Waals surface area contributed by atoms with Crippen LogP contribution in [0.15, 0.2) is 5.16 Å². The molecule has 1 heterocycles. The van der Waals surface area contributed by atoms with E-state index >= 15 is 0 Å². The van der Waals surface area contributed by atoms with E-state index in [1.165, 1.54) is 50.3 Å². The summed E-state index contributed by atoms with van der Waals surface area (Å²) in [5, 5.41) is 14.3. The predicted molar refractivity (Wildman–Crippen MR) is 86.8 cm³/mol.